The van der Waals surface area contributed by atoms with Crippen LogP contribution in [0.3, 0.4) is 0 Å². The van der Waals surface area contributed by atoms with Crippen molar-refractivity contribution in [2.75, 3.05) is 13.1 Å². The molecule has 1 saturated heterocycles. The molecule has 1 unspecified atom stereocenters. The van der Waals surface area contributed by atoms with E-state index in [9.17, 15) is 4.79 Å². The number of hydrogen-bond acceptors (Lipinski definition) is 6. The lowest BCUT2D eigenvalue weighted by molar-refractivity contribution is 0.0696. The first kappa shape index (κ1) is 19.8. The smallest absolute Gasteiger partial charge is 0.276 e. The zero-order valence-electron chi connectivity index (χ0n) is 17.3. The fourth-order valence-electron chi connectivity index (χ4n) is 4.07. The lowest BCUT2D eigenvalue weighted by Crippen LogP contribution is -2.39. The number of aryl methyl sites for hydroxylation is 1. The Morgan fingerprint density at radius 3 is 2.97 bits per heavy atom. The predicted molar refractivity (Wildman–Crippen MR) is 120 cm³/mol. The third-order valence-corrected chi connectivity index (χ3v) is 6.56. The van der Waals surface area contributed by atoms with E-state index < -0.39 is 0 Å². The van der Waals surface area contributed by atoms with Crippen molar-refractivity contribution in [3.63, 3.8) is 0 Å². The van der Waals surface area contributed by atoms with Gasteiger partial charge in [0.2, 0.25) is 0 Å². The van der Waals surface area contributed by atoms with E-state index in [2.05, 4.69) is 22.3 Å². The van der Waals surface area contributed by atoms with Gasteiger partial charge >= 0.3 is 0 Å². The molecule has 2 aromatic carbocycles. The highest BCUT2D eigenvalue weighted by atomic mass is 32.1. The van der Waals surface area contributed by atoms with Crippen LogP contribution in [0.4, 0.5) is 0 Å². The van der Waals surface area contributed by atoms with Gasteiger partial charge < -0.3 is 14.2 Å². The van der Waals surface area contributed by atoms with Gasteiger partial charge in [0.05, 0.1) is 15.2 Å². The number of carbonyl (C=O) groups excluding carboxylic acids is 1. The van der Waals surface area contributed by atoms with Gasteiger partial charge in [-0.25, -0.2) is 4.98 Å². The molecule has 31 heavy (non-hydrogen) atoms. The Balaban J connectivity index is 1.22. The number of carbonyl (C=O) groups is 1. The van der Waals surface area contributed by atoms with Crippen molar-refractivity contribution >= 4 is 27.5 Å². The molecule has 0 aliphatic carbocycles. The molecule has 1 aliphatic rings. The number of benzene rings is 2. The number of thiazole rings is 1. The van der Waals surface area contributed by atoms with Crippen LogP contribution in [0.5, 0.6) is 5.75 Å². The quantitative estimate of drug-likeness (QED) is 0.433. The Labute approximate surface area is 184 Å². The highest BCUT2D eigenvalue weighted by Gasteiger charge is 2.27. The van der Waals surface area contributed by atoms with Gasteiger partial charge in [0.15, 0.2) is 11.5 Å². The monoisotopic (exact) mass is 433 g/mol. The number of hydrogen-bond donors (Lipinski definition) is 0. The molecule has 0 bridgehead atoms. The number of nitrogens with zero attached hydrogens (tertiary/aromatic N) is 3. The summed E-state index contributed by atoms with van der Waals surface area (Å²) in [6.07, 6.45) is 2.08. The topological polar surface area (TPSA) is 68.5 Å². The molecule has 0 N–H and O–H groups in total. The third-order valence-electron chi connectivity index (χ3n) is 5.60. The molecule has 0 saturated carbocycles. The average Bonchev–Trinajstić information content (AvgIpc) is 3.43. The van der Waals surface area contributed by atoms with E-state index in [0.717, 1.165) is 34.6 Å². The first-order valence-corrected chi connectivity index (χ1v) is 11.3. The predicted octanol–water partition coefficient (Wildman–Crippen LogP) is 5.19. The molecule has 1 aliphatic heterocycles. The molecule has 3 heterocycles. The van der Waals surface area contributed by atoms with Crippen molar-refractivity contribution in [1.82, 2.24) is 15.0 Å². The van der Waals surface area contributed by atoms with Crippen molar-refractivity contribution in [1.29, 1.82) is 0 Å². The van der Waals surface area contributed by atoms with Crippen LogP contribution in [0.25, 0.3) is 10.2 Å². The molecular weight excluding hydrogens is 410 g/mol. The summed E-state index contributed by atoms with van der Waals surface area (Å²) >= 11 is 1.66. The van der Waals surface area contributed by atoms with E-state index in [1.807, 2.05) is 48.2 Å². The van der Waals surface area contributed by atoms with Crippen molar-refractivity contribution in [2.45, 2.75) is 32.3 Å². The van der Waals surface area contributed by atoms with Crippen LogP contribution in [0.2, 0.25) is 0 Å². The second-order valence-electron chi connectivity index (χ2n) is 7.83. The van der Waals surface area contributed by atoms with Gasteiger partial charge in [-0.15, -0.1) is 11.3 Å². The molecule has 4 aromatic rings. The minimum absolute atomic E-state index is 0.0880. The number of fused-ring (bicyclic) bond motifs is 1. The van der Waals surface area contributed by atoms with Crippen LogP contribution in [-0.2, 0) is 6.61 Å². The van der Waals surface area contributed by atoms with E-state index in [1.54, 1.807) is 17.4 Å². The lowest BCUT2D eigenvalue weighted by atomic mass is 9.90. The van der Waals surface area contributed by atoms with Crippen LogP contribution >= 0.6 is 11.3 Å². The van der Waals surface area contributed by atoms with Gasteiger partial charge in [-0.2, -0.15) is 0 Å². The number of ether oxygens (including phenoxy) is 1. The lowest BCUT2D eigenvalue weighted by Gasteiger charge is -2.32. The second-order valence-corrected chi connectivity index (χ2v) is 9.07. The second kappa shape index (κ2) is 8.51. The Kier molecular flexibility index (Phi) is 5.42. The minimum atomic E-state index is -0.0880. The third kappa shape index (κ3) is 4.32. The van der Waals surface area contributed by atoms with Crippen LogP contribution < -0.4 is 4.74 Å². The molecule has 5 rings (SSSR count). The highest BCUT2D eigenvalue weighted by molar-refractivity contribution is 7.18. The maximum Gasteiger partial charge on any atom is 0.276 e. The molecular formula is C24H23N3O3S. The summed E-state index contributed by atoms with van der Waals surface area (Å²) in [5, 5.41) is 5.02. The largest absolute Gasteiger partial charge is 0.485 e. The maximum absolute atomic E-state index is 13.0. The van der Waals surface area contributed by atoms with Crippen molar-refractivity contribution < 1.29 is 14.1 Å². The average molecular weight is 434 g/mol. The highest BCUT2D eigenvalue weighted by Crippen LogP contribution is 2.28. The Morgan fingerprint density at radius 1 is 1.23 bits per heavy atom. The molecule has 1 fully saturated rings. The SMILES string of the molecule is Cc1nc2cc(OCc3cc(C(=O)N4CCCC(c5ccccc5)C4)no3)ccc2s1. The van der Waals surface area contributed by atoms with Crippen molar-refractivity contribution in [3.05, 3.63) is 76.6 Å². The Hall–Kier alpha value is -3.19. The number of likely N-dealkylation sites (tertiary alicyclic amines) is 1. The first-order chi connectivity index (χ1) is 15.2. The standard InChI is InChI=1S/C24H23N3O3S/c1-16-25-21-12-19(9-10-23(21)31-16)29-15-20-13-22(26-30-20)24(28)27-11-5-8-18(14-27)17-6-3-2-4-7-17/h2-4,6-7,9-10,12-13,18H,5,8,11,14-15H2,1H3. The van der Waals surface area contributed by atoms with Gasteiger partial charge in [-0.3, -0.25) is 4.79 Å². The van der Waals surface area contributed by atoms with Crippen LogP contribution in [0.15, 0.2) is 59.1 Å². The van der Waals surface area contributed by atoms with Gasteiger partial charge in [0, 0.05) is 31.1 Å². The number of aromatic nitrogens is 2. The van der Waals surface area contributed by atoms with Crippen molar-refractivity contribution in [2.24, 2.45) is 0 Å². The van der Waals surface area contributed by atoms with E-state index in [4.69, 9.17) is 9.26 Å². The fourth-order valence-corrected chi connectivity index (χ4v) is 4.88. The molecule has 7 heteroatoms. The number of piperidine rings is 1. The van der Waals surface area contributed by atoms with Crippen LogP contribution in [-0.4, -0.2) is 34.0 Å². The summed E-state index contributed by atoms with van der Waals surface area (Å²) in [7, 11) is 0. The van der Waals surface area contributed by atoms with E-state index in [-0.39, 0.29) is 12.5 Å². The molecule has 158 valence electrons. The Bertz CT molecular complexity index is 1200. The van der Waals surface area contributed by atoms with Crippen LogP contribution in [0, 0.1) is 6.92 Å². The van der Waals surface area contributed by atoms with Crippen LogP contribution in [0.1, 0.15) is 45.6 Å². The zero-order chi connectivity index (χ0) is 21.2. The molecule has 1 amide bonds. The van der Waals surface area contributed by atoms with E-state index in [1.165, 1.54) is 5.56 Å². The van der Waals surface area contributed by atoms with Gasteiger partial charge in [0.25, 0.3) is 5.91 Å². The van der Waals surface area contributed by atoms with Crippen molar-refractivity contribution in [3.8, 4) is 5.75 Å². The zero-order valence-corrected chi connectivity index (χ0v) is 18.1. The first-order valence-electron chi connectivity index (χ1n) is 10.5. The van der Waals surface area contributed by atoms with E-state index >= 15 is 0 Å². The molecule has 1 atom stereocenters. The molecule has 6 nitrogen and oxygen atoms in total. The molecule has 0 spiro atoms. The van der Waals surface area contributed by atoms with Gasteiger partial charge in [0.1, 0.15) is 12.4 Å². The summed E-state index contributed by atoms with van der Waals surface area (Å²) in [5.41, 5.74) is 2.53. The van der Waals surface area contributed by atoms with Gasteiger partial charge in [-0.1, -0.05) is 35.5 Å². The summed E-state index contributed by atoms with van der Waals surface area (Å²) in [6.45, 7) is 3.65. The molecule has 0 radical (unpaired) electrons. The number of rotatable bonds is 5. The molecule has 2 aromatic heterocycles. The fraction of sp³-hybridized carbons (Fsp3) is 0.292. The summed E-state index contributed by atoms with van der Waals surface area (Å²) in [6, 6.07) is 17.9. The number of amides is 1. The summed E-state index contributed by atoms with van der Waals surface area (Å²) in [4.78, 5) is 19.3. The normalized spacial score (nSPS) is 16.5. The summed E-state index contributed by atoms with van der Waals surface area (Å²) < 4.78 is 12.3. The minimum Gasteiger partial charge on any atom is -0.485 e. The summed E-state index contributed by atoms with van der Waals surface area (Å²) in [5.74, 6) is 1.51. The van der Waals surface area contributed by atoms with E-state index in [0.29, 0.717) is 29.7 Å². The Morgan fingerprint density at radius 2 is 2.10 bits per heavy atom. The maximum atomic E-state index is 13.0. The van der Waals surface area contributed by atoms with Gasteiger partial charge in [-0.05, 0) is 37.5 Å².